The Hall–Kier alpha value is -3.01. The van der Waals surface area contributed by atoms with E-state index in [0.29, 0.717) is 5.56 Å². The lowest BCUT2D eigenvalue weighted by Gasteiger charge is -2.27. The Balaban J connectivity index is 1.92. The zero-order chi connectivity index (χ0) is 16.6. The second kappa shape index (κ2) is 5.65. The highest BCUT2D eigenvalue weighted by atomic mass is 16.6. The smallest absolute Gasteiger partial charge is 0.269 e. The maximum Gasteiger partial charge on any atom is 0.269 e. The molecule has 0 saturated carbocycles. The number of hydrogen-bond acceptors (Lipinski definition) is 6. The minimum atomic E-state index is -0.549. The Kier molecular flexibility index (Phi) is 3.66. The van der Waals surface area contributed by atoms with E-state index in [1.54, 1.807) is 17.3 Å². The van der Waals surface area contributed by atoms with Gasteiger partial charge in [0.2, 0.25) is 0 Å². The Morgan fingerprint density at radius 1 is 1.39 bits per heavy atom. The highest BCUT2D eigenvalue weighted by Crippen LogP contribution is 2.38. The molecule has 1 aromatic rings. The minimum absolute atomic E-state index is 0.0623. The molecule has 0 unspecified atom stereocenters. The number of carbonyl (C=O) groups is 1. The van der Waals surface area contributed by atoms with Crippen molar-refractivity contribution in [1.82, 2.24) is 5.01 Å². The van der Waals surface area contributed by atoms with E-state index in [1.807, 2.05) is 13.0 Å². The number of nitrogens with zero attached hydrogens (tertiary/aromatic N) is 4. The molecule has 3 rings (SSSR count). The van der Waals surface area contributed by atoms with Gasteiger partial charge in [0.05, 0.1) is 23.0 Å². The zero-order valence-electron chi connectivity index (χ0n) is 12.4. The first-order valence-corrected chi connectivity index (χ1v) is 7.22. The van der Waals surface area contributed by atoms with Crippen molar-refractivity contribution in [3.63, 3.8) is 0 Å². The van der Waals surface area contributed by atoms with E-state index in [2.05, 4.69) is 11.2 Å². The number of ketones is 1. The molecule has 0 amide bonds. The summed E-state index contributed by atoms with van der Waals surface area (Å²) in [5.41, 5.74) is 0.322. The molecule has 0 spiro atoms. The van der Waals surface area contributed by atoms with Crippen molar-refractivity contribution < 1.29 is 9.72 Å². The van der Waals surface area contributed by atoms with Crippen molar-refractivity contribution in [2.75, 3.05) is 0 Å². The van der Waals surface area contributed by atoms with Gasteiger partial charge in [-0.15, -0.1) is 0 Å². The van der Waals surface area contributed by atoms with Gasteiger partial charge in [-0.05, 0) is 18.2 Å². The Morgan fingerprint density at radius 2 is 2.09 bits per heavy atom. The van der Waals surface area contributed by atoms with Gasteiger partial charge in [0.25, 0.3) is 5.69 Å². The van der Waals surface area contributed by atoms with E-state index < -0.39 is 11.0 Å². The summed E-state index contributed by atoms with van der Waals surface area (Å²) in [6.45, 7) is 1.86. The molecule has 7 nitrogen and oxygen atoms in total. The van der Waals surface area contributed by atoms with Crippen LogP contribution < -0.4 is 0 Å². The molecule has 2 aliphatic rings. The first-order chi connectivity index (χ1) is 11.0. The summed E-state index contributed by atoms with van der Waals surface area (Å²) < 4.78 is 0. The van der Waals surface area contributed by atoms with Crippen LogP contribution >= 0.6 is 0 Å². The van der Waals surface area contributed by atoms with Gasteiger partial charge in [-0.2, -0.15) is 10.4 Å². The molecule has 0 bridgehead atoms. The highest BCUT2D eigenvalue weighted by molar-refractivity contribution is 6.01. The summed E-state index contributed by atoms with van der Waals surface area (Å²) in [6, 6.07) is 7.02. The predicted octanol–water partition coefficient (Wildman–Crippen LogP) is 2.16. The Labute approximate surface area is 132 Å². The first-order valence-electron chi connectivity index (χ1n) is 7.22. The van der Waals surface area contributed by atoms with Crippen LogP contribution in [0.4, 0.5) is 5.69 Å². The lowest BCUT2D eigenvalue weighted by Crippen LogP contribution is -2.39. The summed E-state index contributed by atoms with van der Waals surface area (Å²) in [7, 11) is 0. The van der Waals surface area contributed by atoms with Crippen LogP contribution in [0.25, 0.3) is 0 Å². The van der Waals surface area contributed by atoms with E-state index in [1.165, 1.54) is 24.3 Å². The quantitative estimate of drug-likeness (QED) is 0.484. The number of hydrogen-bond donors (Lipinski definition) is 0. The molecule has 1 aromatic carbocycles. The number of nitro groups is 1. The number of benzene rings is 1. The highest BCUT2D eigenvalue weighted by Gasteiger charge is 2.49. The second-order valence-electron chi connectivity index (χ2n) is 5.65. The van der Waals surface area contributed by atoms with Crippen molar-refractivity contribution >= 4 is 17.7 Å². The van der Waals surface area contributed by atoms with E-state index in [-0.39, 0.29) is 29.3 Å². The van der Waals surface area contributed by atoms with Gasteiger partial charge in [-0.1, -0.05) is 13.0 Å². The van der Waals surface area contributed by atoms with E-state index in [4.69, 9.17) is 0 Å². The fourth-order valence-corrected chi connectivity index (χ4v) is 3.21. The number of hydrazone groups is 1. The largest absolute Gasteiger partial charge is 0.292 e. The third-order valence-electron chi connectivity index (χ3n) is 4.40. The number of non-ortho nitro benzene ring substituents is 1. The van der Waals surface area contributed by atoms with Gasteiger partial charge in [0.15, 0.2) is 5.78 Å². The molecule has 0 aliphatic carbocycles. The van der Waals surface area contributed by atoms with Crippen LogP contribution in [-0.2, 0) is 0 Å². The third kappa shape index (κ3) is 2.38. The van der Waals surface area contributed by atoms with E-state index in [9.17, 15) is 20.2 Å². The van der Waals surface area contributed by atoms with Crippen molar-refractivity contribution in [3.8, 4) is 6.07 Å². The number of nitriles is 1. The van der Waals surface area contributed by atoms with Gasteiger partial charge >= 0.3 is 0 Å². The number of Topliss-reactive ketones (excluding diaryl/α,β-unsaturated/α-hetero) is 1. The normalized spacial score (nSPS) is 28.3. The summed E-state index contributed by atoms with van der Waals surface area (Å²) in [6.07, 6.45) is 5.25. The topological polar surface area (TPSA) is 99.6 Å². The average molecular weight is 310 g/mol. The number of allylic oxidation sites excluding steroid dienone is 1. The third-order valence-corrected chi connectivity index (χ3v) is 4.40. The number of fused-ring (bicyclic) bond motifs is 1. The summed E-state index contributed by atoms with van der Waals surface area (Å²) >= 11 is 0. The summed E-state index contributed by atoms with van der Waals surface area (Å²) in [5, 5.41) is 26.0. The molecule has 0 N–H and O–H groups in total. The monoisotopic (exact) mass is 310 g/mol. The van der Waals surface area contributed by atoms with Crippen LogP contribution in [0.3, 0.4) is 0 Å². The van der Waals surface area contributed by atoms with Crippen LogP contribution in [0, 0.1) is 33.3 Å². The molecule has 0 radical (unpaired) electrons. The van der Waals surface area contributed by atoms with Crippen molar-refractivity contribution in [3.05, 3.63) is 52.1 Å². The molecular formula is C16H14N4O3. The Morgan fingerprint density at radius 3 is 2.70 bits per heavy atom. The molecule has 0 aromatic heterocycles. The molecule has 23 heavy (non-hydrogen) atoms. The molecule has 1 saturated heterocycles. The van der Waals surface area contributed by atoms with Crippen molar-refractivity contribution in [1.29, 1.82) is 5.26 Å². The maximum absolute atomic E-state index is 12.8. The molecule has 1 fully saturated rings. The fraction of sp³-hybridized carbons (Fsp3) is 0.312. The van der Waals surface area contributed by atoms with Crippen LogP contribution in [0.1, 0.15) is 17.3 Å². The molecule has 7 heteroatoms. The second-order valence-corrected chi connectivity index (χ2v) is 5.65. The van der Waals surface area contributed by atoms with E-state index in [0.717, 1.165) is 0 Å². The number of nitro benzene ring substituents is 1. The molecular weight excluding hydrogens is 296 g/mol. The first kappa shape index (κ1) is 14.9. The van der Waals surface area contributed by atoms with Crippen LogP contribution in [0.2, 0.25) is 0 Å². The minimum Gasteiger partial charge on any atom is -0.292 e. The van der Waals surface area contributed by atoms with Gasteiger partial charge in [0.1, 0.15) is 6.04 Å². The molecule has 4 atom stereocenters. The lowest BCUT2D eigenvalue weighted by atomic mass is 9.86. The molecule has 116 valence electrons. The van der Waals surface area contributed by atoms with Crippen molar-refractivity contribution in [2.45, 2.75) is 19.0 Å². The van der Waals surface area contributed by atoms with Crippen LogP contribution in [-0.4, -0.2) is 34.0 Å². The van der Waals surface area contributed by atoms with Gasteiger partial charge in [-0.3, -0.25) is 19.9 Å². The average Bonchev–Trinajstić information content (AvgIpc) is 2.85. The van der Waals surface area contributed by atoms with Gasteiger partial charge in [-0.25, -0.2) is 0 Å². The SMILES string of the molecule is C[C@H]1[C@H](C#N)[C@H]2C=CC=NN2[C@@H]1C(=O)c1ccc([N+](=O)[O-])cc1. The summed E-state index contributed by atoms with van der Waals surface area (Å²) in [4.78, 5) is 23.0. The van der Waals surface area contributed by atoms with Crippen LogP contribution in [0.5, 0.6) is 0 Å². The zero-order valence-corrected chi connectivity index (χ0v) is 12.4. The lowest BCUT2D eigenvalue weighted by molar-refractivity contribution is -0.384. The predicted molar refractivity (Wildman–Crippen MR) is 82.7 cm³/mol. The molecule has 2 heterocycles. The number of carbonyl (C=O) groups excluding carboxylic acids is 1. The maximum atomic E-state index is 12.8. The fourth-order valence-electron chi connectivity index (χ4n) is 3.21. The van der Waals surface area contributed by atoms with Gasteiger partial charge < -0.3 is 0 Å². The number of rotatable bonds is 3. The van der Waals surface area contributed by atoms with Gasteiger partial charge in [0, 0.05) is 29.8 Å². The Bertz CT molecular complexity index is 748. The molecule has 2 aliphatic heterocycles. The van der Waals surface area contributed by atoms with Crippen LogP contribution in [0.15, 0.2) is 41.5 Å². The van der Waals surface area contributed by atoms with E-state index >= 15 is 0 Å². The standard InChI is InChI=1S/C16H14N4O3/c1-10-13(9-17)14-3-2-8-18-19(14)15(10)16(21)11-4-6-12(7-5-11)20(22)23/h2-8,10,13-15H,1H3/t10-,13-,14+,15-/m0/s1. The van der Waals surface area contributed by atoms with Crippen molar-refractivity contribution in [2.24, 2.45) is 16.9 Å². The summed E-state index contributed by atoms with van der Waals surface area (Å²) in [5.74, 6) is -0.689.